The summed E-state index contributed by atoms with van der Waals surface area (Å²) in [4.78, 5) is 4.89. The van der Waals surface area contributed by atoms with Crippen molar-refractivity contribution in [1.29, 1.82) is 0 Å². The van der Waals surface area contributed by atoms with Crippen molar-refractivity contribution >= 4 is 27.0 Å². The quantitative estimate of drug-likeness (QED) is 0.920. The van der Waals surface area contributed by atoms with Crippen molar-refractivity contribution in [3.05, 3.63) is 28.5 Å². The number of aryl methyl sites for hydroxylation is 1. The average Bonchev–Trinajstić information content (AvgIpc) is 2.77. The first-order valence-corrected chi connectivity index (χ1v) is 7.78. The van der Waals surface area contributed by atoms with Gasteiger partial charge < -0.3 is 10.3 Å². The van der Waals surface area contributed by atoms with E-state index in [1.165, 1.54) is 43.4 Å². The first-order chi connectivity index (χ1) is 9.16. The highest BCUT2D eigenvalue weighted by Gasteiger charge is 2.36. The molecule has 0 amide bonds. The van der Waals surface area contributed by atoms with E-state index in [1.807, 2.05) is 0 Å². The molecule has 0 atom stereocenters. The molecule has 0 unspecified atom stereocenters. The fourth-order valence-corrected chi connectivity index (χ4v) is 3.74. The third-order valence-corrected chi connectivity index (χ3v) is 5.01. The average molecular weight is 322 g/mol. The number of benzene rings is 1. The third-order valence-electron chi connectivity index (χ3n) is 4.52. The molecule has 0 aliphatic heterocycles. The number of halogens is 1. The van der Waals surface area contributed by atoms with E-state index in [-0.39, 0.29) is 5.41 Å². The van der Waals surface area contributed by atoms with Crippen molar-refractivity contribution in [3.63, 3.8) is 0 Å². The zero-order valence-corrected chi connectivity index (χ0v) is 12.9. The summed E-state index contributed by atoms with van der Waals surface area (Å²) < 4.78 is 3.31. The summed E-state index contributed by atoms with van der Waals surface area (Å²) in [6.45, 7) is 0.700. The Morgan fingerprint density at radius 2 is 2.05 bits per heavy atom. The van der Waals surface area contributed by atoms with Gasteiger partial charge in [-0.2, -0.15) is 0 Å². The number of nitrogens with zero attached hydrogens (tertiary/aromatic N) is 2. The summed E-state index contributed by atoms with van der Waals surface area (Å²) in [5.74, 6) is 1.17. The maximum Gasteiger partial charge on any atom is 0.117 e. The van der Waals surface area contributed by atoms with E-state index in [1.54, 1.807) is 0 Å². The molecule has 1 aromatic heterocycles. The van der Waals surface area contributed by atoms with E-state index in [0.29, 0.717) is 6.54 Å². The van der Waals surface area contributed by atoms with E-state index in [9.17, 15) is 0 Å². The minimum atomic E-state index is 0.0818. The normalized spacial score (nSPS) is 18.9. The van der Waals surface area contributed by atoms with Crippen LogP contribution in [0.5, 0.6) is 0 Å². The van der Waals surface area contributed by atoms with Gasteiger partial charge >= 0.3 is 0 Å². The molecule has 102 valence electrons. The second-order valence-corrected chi connectivity index (χ2v) is 6.59. The summed E-state index contributed by atoms with van der Waals surface area (Å²) in [5, 5.41) is 0. The van der Waals surface area contributed by atoms with Gasteiger partial charge in [0.05, 0.1) is 11.0 Å². The highest BCUT2D eigenvalue weighted by atomic mass is 79.9. The molecule has 1 saturated carbocycles. The van der Waals surface area contributed by atoms with Crippen LogP contribution in [-0.4, -0.2) is 16.1 Å². The van der Waals surface area contributed by atoms with Crippen LogP contribution in [0.1, 0.15) is 37.9 Å². The molecule has 1 aliphatic rings. The zero-order chi connectivity index (χ0) is 13.5. The molecule has 2 aromatic rings. The van der Waals surface area contributed by atoms with Crippen LogP contribution >= 0.6 is 15.9 Å². The van der Waals surface area contributed by atoms with E-state index in [4.69, 9.17) is 10.7 Å². The van der Waals surface area contributed by atoms with Gasteiger partial charge in [-0.25, -0.2) is 4.98 Å². The Morgan fingerprint density at radius 3 is 2.74 bits per heavy atom. The van der Waals surface area contributed by atoms with Crippen LogP contribution in [0.2, 0.25) is 0 Å². The Bertz CT molecular complexity index is 597. The van der Waals surface area contributed by atoms with E-state index >= 15 is 0 Å². The SMILES string of the molecule is Cn1c(C2(CN)CCCCC2)nc2cc(Br)ccc21. The third kappa shape index (κ3) is 2.11. The molecule has 3 rings (SSSR count). The number of imidazole rings is 1. The number of nitrogens with two attached hydrogens (primary N) is 1. The Labute approximate surface area is 122 Å². The maximum atomic E-state index is 6.13. The van der Waals surface area contributed by atoms with Gasteiger partial charge in [-0.15, -0.1) is 0 Å². The first-order valence-electron chi connectivity index (χ1n) is 6.99. The molecule has 0 saturated heterocycles. The van der Waals surface area contributed by atoms with Crippen LogP contribution in [0.25, 0.3) is 11.0 Å². The Kier molecular flexibility index (Phi) is 3.39. The van der Waals surface area contributed by atoms with Crippen LogP contribution < -0.4 is 5.73 Å². The monoisotopic (exact) mass is 321 g/mol. The maximum absolute atomic E-state index is 6.13. The second kappa shape index (κ2) is 4.91. The van der Waals surface area contributed by atoms with Crippen molar-refractivity contribution in [2.45, 2.75) is 37.5 Å². The molecule has 1 fully saturated rings. The Morgan fingerprint density at radius 1 is 1.32 bits per heavy atom. The van der Waals surface area contributed by atoms with E-state index in [2.05, 4.69) is 45.7 Å². The van der Waals surface area contributed by atoms with Crippen molar-refractivity contribution in [1.82, 2.24) is 9.55 Å². The minimum Gasteiger partial charge on any atom is -0.331 e. The first kappa shape index (κ1) is 13.1. The van der Waals surface area contributed by atoms with Crippen LogP contribution in [0, 0.1) is 0 Å². The highest BCUT2D eigenvalue weighted by molar-refractivity contribution is 9.10. The molecule has 3 nitrogen and oxygen atoms in total. The molecule has 1 heterocycles. The summed E-state index contributed by atoms with van der Waals surface area (Å²) in [5.41, 5.74) is 8.46. The van der Waals surface area contributed by atoms with Crippen molar-refractivity contribution in [2.24, 2.45) is 12.8 Å². The van der Waals surface area contributed by atoms with Crippen LogP contribution in [0.4, 0.5) is 0 Å². The summed E-state index contributed by atoms with van der Waals surface area (Å²) in [6, 6.07) is 6.29. The fourth-order valence-electron chi connectivity index (χ4n) is 3.39. The largest absolute Gasteiger partial charge is 0.331 e. The predicted molar refractivity (Wildman–Crippen MR) is 82.2 cm³/mol. The van der Waals surface area contributed by atoms with Gasteiger partial charge in [0.2, 0.25) is 0 Å². The Hall–Kier alpha value is -0.870. The lowest BCUT2D eigenvalue weighted by Gasteiger charge is -2.35. The van der Waals surface area contributed by atoms with Gasteiger partial charge in [0.25, 0.3) is 0 Å². The van der Waals surface area contributed by atoms with Gasteiger partial charge in [0.15, 0.2) is 0 Å². The Balaban J connectivity index is 2.15. The smallest absolute Gasteiger partial charge is 0.117 e. The number of fused-ring (bicyclic) bond motifs is 1. The van der Waals surface area contributed by atoms with Crippen molar-refractivity contribution in [3.8, 4) is 0 Å². The van der Waals surface area contributed by atoms with Gasteiger partial charge in [-0.3, -0.25) is 0 Å². The molecule has 2 N–H and O–H groups in total. The summed E-state index contributed by atoms with van der Waals surface area (Å²) in [6.07, 6.45) is 6.20. The van der Waals surface area contributed by atoms with Crippen LogP contribution in [0.15, 0.2) is 22.7 Å². The fraction of sp³-hybridized carbons (Fsp3) is 0.533. The standard InChI is InChI=1S/C15H20BrN3/c1-19-13-6-5-11(16)9-12(13)18-14(19)15(10-17)7-3-2-4-8-15/h5-6,9H,2-4,7-8,10,17H2,1H3. The predicted octanol–water partition coefficient (Wildman–Crippen LogP) is 3.50. The number of rotatable bonds is 2. The molecular formula is C15H20BrN3. The lowest BCUT2D eigenvalue weighted by Crippen LogP contribution is -2.39. The lowest BCUT2D eigenvalue weighted by molar-refractivity contribution is 0.281. The number of hydrogen-bond acceptors (Lipinski definition) is 2. The molecule has 1 aliphatic carbocycles. The molecule has 0 bridgehead atoms. The van der Waals surface area contributed by atoms with E-state index < -0.39 is 0 Å². The number of aromatic nitrogens is 2. The molecule has 0 spiro atoms. The van der Waals surface area contributed by atoms with Crippen LogP contribution in [-0.2, 0) is 12.5 Å². The van der Waals surface area contributed by atoms with Crippen molar-refractivity contribution < 1.29 is 0 Å². The lowest BCUT2D eigenvalue weighted by atomic mass is 9.73. The minimum absolute atomic E-state index is 0.0818. The van der Waals surface area contributed by atoms with Gasteiger partial charge in [0, 0.05) is 23.5 Å². The van der Waals surface area contributed by atoms with Gasteiger partial charge in [0.1, 0.15) is 5.82 Å². The topological polar surface area (TPSA) is 43.8 Å². The molecular weight excluding hydrogens is 302 g/mol. The molecule has 4 heteroatoms. The molecule has 1 aromatic carbocycles. The molecule has 0 radical (unpaired) electrons. The zero-order valence-electron chi connectivity index (χ0n) is 11.3. The summed E-state index contributed by atoms with van der Waals surface area (Å²) >= 11 is 3.52. The van der Waals surface area contributed by atoms with Crippen molar-refractivity contribution in [2.75, 3.05) is 6.54 Å². The van der Waals surface area contributed by atoms with Crippen LogP contribution in [0.3, 0.4) is 0 Å². The van der Waals surface area contributed by atoms with E-state index in [0.717, 1.165) is 9.99 Å². The van der Waals surface area contributed by atoms with Gasteiger partial charge in [-0.1, -0.05) is 35.2 Å². The number of hydrogen-bond donors (Lipinski definition) is 1. The van der Waals surface area contributed by atoms with Gasteiger partial charge in [-0.05, 0) is 31.0 Å². The molecule has 19 heavy (non-hydrogen) atoms. The second-order valence-electron chi connectivity index (χ2n) is 5.67. The summed E-state index contributed by atoms with van der Waals surface area (Å²) in [7, 11) is 2.12. The highest BCUT2D eigenvalue weighted by Crippen LogP contribution is 2.39.